The Hall–Kier alpha value is -8.05. The maximum Gasteiger partial charge on any atom is 0.416 e. The lowest BCUT2D eigenvalue weighted by atomic mass is 9.97. The van der Waals surface area contributed by atoms with E-state index >= 15 is 0 Å². The number of nitrogens with zero attached hydrogens (tertiary/aromatic N) is 4. The van der Waals surface area contributed by atoms with E-state index in [1.165, 1.54) is 0 Å². The molecule has 0 saturated carbocycles. The average Bonchev–Trinajstić information content (AvgIpc) is 3.87. The molecule has 0 aliphatic heterocycles. The second-order valence-corrected chi connectivity index (χ2v) is 15.4. The molecular weight excluding hydrogens is 823 g/mol. The van der Waals surface area contributed by atoms with Gasteiger partial charge in [0.25, 0.3) is 0 Å². The van der Waals surface area contributed by atoms with Crippen molar-refractivity contribution in [2.24, 2.45) is 0 Å². The van der Waals surface area contributed by atoms with Crippen molar-refractivity contribution in [3.05, 3.63) is 193 Å². The Kier molecular flexibility index (Phi) is 8.98. The molecule has 0 amide bonds. The van der Waals surface area contributed by atoms with E-state index in [1.807, 2.05) is 150 Å². The molecule has 0 N–H and O–H groups in total. The fraction of sp³-hybridized carbons (Fsp3) is 0.0377. The molecule has 0 fully saturated rings. The molecule has 0 bridgehead atoms. The Morgan fingerprint density at radius 2 is 0.938 bits per heavy atom. The first-order chi connectivity index (χ1) is 31.0. The summed E-state index contributed by atoms with van der Waals surface area (Å²) in [7, 11) is 0. The molecule has 8 aromatic carbocycles. The number of alkyl halides is 6. The number of fused-ring (bicyclic) bond motifs is 6. The summed E-state index contributed by atoms with van der Waals surface area (Å²) in [6.45, 7) is 0. The second-order valence-electron chi connectivity index (χ2n) is 15.4. The first kappa shape index (κ1) is 38.8. The summed E-state index contributed by atoms with van der Waals surface area (Å²) in [5.41, 5.74) is 4.58. The summed E-state index contributed by atoms with van der Waals surface area (Å²) < 4.78 is 92.5. The highest BCUT2D eigenvalue weighted by molar-refractivity contribution is 6.12. The van der Waals surface area contributed by atoms with E-state index < -0.39 is 23.5 Å². The highest BCUT2D eigenvalue weighted by atomic mass is 19.4. The van der Waals surface area contributed by atoms with Crippen molar-refractivity contribution < 1.29 is 30.8 Å². The summed E-state index contributed by atoms with van der Waals surface area (Å²) in [6.07, 6.45) is -9.99. The lowest BCUT2D eigenvalue weighted by Gasteiger charge is -2.17. The van der Waals surface area contributed by atoms with Crippen molar-refractivity contribution in [1.29, 1.82) is 0 Å². The monoisotopic (exact) mass is 852 g/mol. The fourth-order valence-corrected chi connectivity index (χ4v) is 8.51. The van der Waals surface area contributed by atoms with Gasteiger partial charge in [-0.05, 0) is 71.3 Å². The number of para-hydroxylation sites is 3. The smallest absolute Gasteiger partial charge is 0.416 e. The zero-order valence-corrected chi connectivity index (χ0v) is 33.3. The fourth-order valence-electron chi connectivity index (χ4n) is 8.51. The normalized spacial score (nSPS) is 12.2. The molecule has 0 aliphatic carbocycles. The maximum atomic E-state index is 14.0. The predicted octanol–water partition coefficient (Wildman–Crippen LogP) is 15.2. The molecule has 11 rings (SSSR count). The van der Waals surface area contributed by atoms with Crippen LogP contribution in [0.1, 0.15) is 11.1 Å². The van der Waals surface area contributed by atoms with Crippen LogP contribution < -0.4 is 0 Å². The zero-order chi connectivity index (χ0) is 43.7. The second kappa shape index (κ2) is 14.8. The third-order valence-electron chi connectivity index (χ3n) is 11.5. The van der Waals surface area contributed by atoms with E-state index in [2.05, 4.69) is 0 Å². The lowest BCUT2D eigenvalue weighted by Crippen LogP contribution is -2.11. The summed E-state index contributed by atoms with van der Waals surface area (Å²) in [6, 6.07) is 53.2. The van der Waals surface area contributed by atoms with Crippen molar-refractivity contribution in [3.8, 4) is 62.1 Å². The molecular formula is C53H30F6N4O. The van der Waals surface area contributed by atoms with Crippen molar-refractivity contribution >= 4 is 43.7 Å². The molecule has 0 unspecified atom stereocenters. The van der Waals surface area contributed by atoms with Gasteiger partial charge in [-0.2, -0.15) is 26.3 Å². The SMILES string of the molecule is FC(F)(F)c1cc(-c2ccc3c(c2)c2ccccc2n3-c2ccc(-c3cccc4c3oc3ccccc34)cc2-c2nc(-c3ccccc3)nc(-c3ccccc3)n2)cc(C(F)(F)F)c1. The topological polar surface area (TPSA) is 56.7 Å². The van der Waals surface area contributed by atoms with Crippen LogP contribution in [-0.2, 0) is 12.4 Å². The van der Waals surface area contributed by atoms with Crippen LogP contribution in [0.2, 0.25) is 0 Å². The largest absolute Gasteiger partial charge is 0.455 e. The molecule has 0 saturated heterocycles. The van der Waals surface area contributed by atoms with Crippen molar-refractivity contribution in [2.75, 3.05) is 0 Å². The Morgan fingerprint density at radius 1 is 0.375 bits per heavy atom. The van der Waals surface area contributed by atoms with Crippen LogP contribution in [0.3, 0.4) is 0 Å². The van der Waals surface area contributed by atoms with Crippen LogP contribution in [0, 0.1) is 0 Å². The van der Waals surface area contributed by atoms with Crippen LogP contribution in [-0.4, -0.2) is 19.5 Å². The van der Waals surface area contributed by atoms with Crippen LogP contribution >= 0.6 is 0 Å². The maximum absolute atomic E-state index is 14.0. The van der Waals surface area contributed by atoms with Gasteiger partial charge in [0.1, 0.15) is 11.2 Å². The van der Waals surface area contributed by atoms with Crippen molar-refractivity contribution in [2.45, 2.75) is 12.4 Å². The van der Waals surface area contributed by atoms with Gasteiger partial charge in [0, 0.05) is 43.8 Å². The summed E-state index contributed by atoms with van der Waals surface area (Å²) in [5.74, 6) is 1.27. The Labute approximate surface area is 360 Å². The zero-order valence-electron chi connectivity index (χ0n) is 33.3. The first-order valence-electron chi connectivity index (χ1n) is 20.2. The quantitative estimate of drug-likeness (QED) is 0.156. The van der Waals surface area contributed by atoms with Gasteiger partial charge < -0.3 is 8.98 Å². The van der Waals surface area contributed by atoms with Gasteiger partial charge in [0.15, 0.2) is 17.5 Å². The van der Waals surface area contributed by atoms with E-state index in [9.17, 15) is 26.3 Å². The van der Waals surface area contributed by atoms with Crippen molar-refractivity contribution in [3.63, 3.8) is 0 Å². The number of rotatable bonds is 6. The van der Waals surface area contributed by atoms with Crippen LogP contribution in [0.4, 0.5) is 26.3 Å². The predicted molar refractivity (Wildman–Crippen MR) is 239 cm³/mol. The molecule has 310 valence electrons. The molecule has 0 aliphatic rings. The minimum Gasteiger partial charge on any atom is -0.455 e. The number of aromatic nitrogens is 4. The minimum absolute atomic E-state index is 0.140. The van der Waals surface area contributed by atoms with E-state index in [1.54, 1.807) is 18.2 Å². The summed E-state index contributed by atoms with van der Waals surface area (Å²) in [5, 5.41) is 3.29. The molecule has 0 radical (unpaired) electrons. The molecule has 11 aromatic rings. The van der Waals surface area contributed by atoms with Gasteiger partial charge in [0.2, 0.25) is 0 Å². The van der Waals surface area contributed by atoms with E-state index in [-0.39, 0.29) is 17.2 Å². The number of hydrogen-bond acceptors (Lipinski definition) is 4. The molecule has 3 heterocycles. The lowest BCUT2D eigenvalue weighted by molar-refractivity contribution is -0.143. The number of furan rings is 1. The highest BCUT2D eigenvalue weighted by Crippen LogP contribution is 2.43. The van der Waals surface area contributed by atoms with E-state index in [0.717, 1.165) is 61.6 Å². The van der Waals surface area contributed by atoms with Gasteiger partial charge in [0.05, 0.1) is 27.8 Å². The summed E-state index contributed by atoms with van der Waals surface area (Å²) in [4.78, 5) is 15.2. The van der Waals surface area contributed by atoms with E-state index in [4.69, 9.17) is 19.4 Å². The number of halogens is 6. The third kappa shape index (κ3) is 6.73. The van der Waals surface area contributed by atoms with Gasteiger partial charge in [-0.15, -0.1) is 0 Å². The molecule has 0 spiro atoms. The summed E-state index contributed by atoms with van der Waals surface area (Å²) >= 11 is 0. The Balaban J connectivity index is 1.18. The third-order valence-corrected chi connectivity index (χ3v) is 11.5. The molecule has 64 heavy (non-hydrogen) atoms. The first-order valence-corrected chi connectivity index (χ1v) is 20.2. The Bertz CT molecular complexity index is 3500. The molecule has 0 atom stereocenters. The minimum atomic E-state index is -5.00. The van der Waals surface area contributed by atoms with Gasteiger partial charge >= 0.3 is 12.4 Å². The molecule has 3 aromatic heterocycles. The molecule has 11 heteroatoms. The highest BCUT2D eigenvalue weighted by Gasteiger charge is 2.37. The van der Waals surface area contributed by atoms with Gasteiger partial charge in [-0.1, -0.05) is 127 Å². The molecule has 5 nitrogen and oxygen atoms in total. The number of benzene rings is 8. The van der Waals surface area contributed by atoms with Gasteiger partial charge in [-0.25, -0.2) is 15.0 Å². The number of hydrogen-bond donors (Lipinski definition) is 0. The standard InChI is InChI=1S/C53H30F6N4O/c54-52(55,56)36-26-35(27-37(30-36)53(57,58)59)33-22-24-45-42(28-33)39-16-7-9-20-44(39)63(45)46-25-23-34(38-18-11-19-41-40-17-8-10-21-47(40)64-48(38)41)29-43(46)51-61-49(31-12-3-1-4-13-31)60-50(62-51)32-14-5-2-6-15-32/h1-30H. The van der Waals surface area contributed by atoms with E-state index in [0.29, 0.717) is 45.2 Å². The average molecular weight is 853 g/mol. The van der Waals surface area contributed by atoms with Crippen molar-refractivity contribution in [1.82, 2.24) is 19.5 Å². The van der Waals surface area contributed by atoms with Crippen LogP contribution in [0.25, 0.3) is 106 Å². The van der Waals surface area contributed by atoms with Crippen LogP contribution in [0.15, 0.2) is 186 Å². The van der Waals surface area contributed by atoms with Gasteiger partial charge in [-0.3, -0.25) is 0 Å². The van der Waals surface area contributed by atoms with Crippen LogP contribution in [0.5, 0.6) is 0 Å². The Morgan fingerprint density at radius 3 is 1.61 bits per heavy atom.